The Morgan fingerprint density at radius 1 is 1.17 bits per heavy atom. The van der Waals surface area contributed by atoms with E-state index in [1.54, 1.807) is 6.08 Å². The topological polar surface area (TPSA) is 66.8 Å². The second-order valence-electron chi connectivity index (χ2n) is 6.54. The molecule has 2 rings (SSSR count). The highest BCUT2D eigenvalue weighted by Gasteiger charge is 2.22. The van der Waals surface area contributed by atoms with Crippen molar-refractivity contribution in [2.75, 3.05) is 6.61 Å². The number of carboxylic acids is 1. The van der Waals surface area contributed by atoms with Crippen molar-refractivity contribution in [1.82, 2.24) is 0 Å². The molecule has 0 aromatic heterocycles. The Morgan fingerprint density at radius 3 is 2.38 bits per heavy atom. The van der Waals surface area contributed by atoms with Crippen LogP contribution >= 0.6 is 0 Å². The summed E-state index contributed by atoms with van der Waals surface area (Å²) in [5, 5.41) is 20.1. The highest BCUT2D eigenvalue weighted by Crippen LogP contribution is 2.36. The Hall–Kier alpha value is -3.22. The van der Waals surface area contributed by atoms with Crippen molar-refractivity contribution in [2.24, 2.45) is 0 Å². The van der Waals surface area contributed by atoms with Gasteiger partial charge in [-0.2, -0.15) is 0 Å². The molecular formula is C22H21F3O4. The van der Waals surface area contributed by atoms with Crippen molar-refractivity contribution >= 4 is 18.1 Å². The van der Waals surface area contributed by atoms with Crippen molar-refractivity contribution in [2.45, 2.75) is 26.7 Å². The van der Waals surface area contributed by atoms with Crippen LogP contribution in [-0.4, -0.2) is 29.2 Å². The van der Waals surface area contributed by atoms with Crippen LogP contribution in [0.15, 0.2) is 42.0 Å². The van der Waals surface area contributed by atoms with Crippen LogP contribution in [0.2, 0.25) is 0 Å². The lowest BCUT2D eigenvalue weighted by Gasteiger charge is -2.16. The summed E-state index contributed by atoms with van der Waals surface area (Å²) in [6.45, 7) is 2.73. The number of allylic oxidation sites excluding steroid dienone is 2. The average Bonchev–Trinajstić information content (AvgIpc) is 2.64. The van der Waals surface area contributed by atoms with Crippen molar-refractivity contribution in [3.63, 3.8) is 0 Å². The number of aromatic carboxylic acids is 1. The van der Waals surface area contributed by atoms with Gasteiger partial charge in [-0.05, 0) is 49.6 Å². The Balaban J connectivity index is 2.57. The number of carboxylic acid groups (broad SMARTS) is 1. The summed E-state index contributed by atoms with van der Waals surface area (Å²) in [6.07, 6.45) is 2.04. The number of phenols is 1. The van der Waals surface area contributed by atoms with Crippen LogP contribution < -0.4 is 4.74 Å². The van der Waals surface area contributed by atoms with Crippen molar-refractivity contribution in [3.8, 4) is 11.5 Å². The number of hydrogen-bond acceptors (Lipinski definition) is 3. The number of hydrogen-bond donors (Lipinski definition) is 2. The van der Waals surface area contributed by atoms with Gasteiger partial charge in [0.05, 0.1) is 0 Å². The molecule has 0 amide bonds. The molecule has 0 fully saturated rings. The van der Waals surface area contributed by atoms with E-state index in [1.807, 2.05) is 13.8 Å². The van der Waals surface area contributed by atoms with Gasteiger partial charge in [0.15, 0.2) is 0 Å². The lowest BCUT2D eigenvalue weighted by atomic mass is 9.97. The minimum atomic E-state index is -2.73. The van der Waals surface area contributed by atoms with Gasteiger partial charge in [-0.15, -0.1) is 0 Å². The quantitative estimate of drug-likeness (QED) is 0.445. The molecule has 0 spiro atoms. The van der Waals surface area contributed by atoms with E-state index in [1.165, 1.54) is 42.5 Å². The van der Waals surface area contributed by atoms with Gasteiger partial charge in [-0.3, -0.25) is 0 Å². The standard InChI is InChI=1S/C22H21F3O4/c1-13(2)3-10-17-18(29-12-19(24)25)11-15(20(21(17)26)22(27)28)7-4-14-5-8-16(23)9-6-14/h3-9,11,19,26H,10,12H2,1-2H3,(H,27,28)/b7-4+. The number of aromatic hydroxyl groups is 1. The first kappa shape index (κ1) is 22.1. The molecule has 0 aliphatic carbocycles. The number of rotatable bonds is 8. The van der Waals surface area contributed by atoms with Gasteiger partial charge in [-0.1, -0.05) is 35.9 Å². The van der Waals surface area contributed by atoms with Gasteiger partial charge in [-0.25, -0.2) is 18.0 Å². The first-order valence-electron chi connectivity index (χ1n) is 8.79. The zero-order valence-electron chi connectivity index (χ0n) is 16.0. The van der Waals surface area contributed by atoms with E-state index in [0.717, 1.165) is 5.57 Å². The molecule has 0 unspecified atom stereocenters. The van der Waals surface area contributed by atoms with Crippen LogP contribution in [0.4, 0.5) is 13.2 Å². The largest absolute Gasteiger partial charge is 0.507 e. The molecule has 7 heteroatoms. The van der Waals surface area contributed by atoms with Crippen LogP contribution in [-0.2, 0) is 6.42 Å². The second-order valence-corrected chi connectivity index (χ2v) is 6.54. The first-order valence-corrected chi connectivity index (χ1v) is 8.79. The maximum atomic E-state index is 13.0. The molecule has 0 bridgehead atoms. The summed E-state index contributed by atoms with van der Waals surface area (Å²) in [5.74, 6) is -2.36. The fourth-order valence-electron chi connectivity index (χ4n) is 2.61. The van der Waals surface area contributed by atoms with Crippen LogP contribution in [0.25, 0.3) is 12.2 Å². The van der Waals surface area contributed by atoms with E-state index < -0.39 is 30.6 Å². The molecule has 0 aliphatic rings. The van der Waals surface area contributed by atoms with Crippen LogP contribution in [0.5, 0.6) is 11.5 Å². The Kier molecular flexibility index (Phi) is 7.47. The summed E-state index contributed by atoms with van der Waals surface area (Å²) in [7, 11) is 0. The van der Waals surface area contributed by atoms with E-state index >= 15 is 0 Å². The summed E-state index contributed by atoms with van der Waals surface area (Å²) in [4.78, 5) is 11.7. The van der Waals surface area contributed by atoms with Crippen LogP contribution in [0, 0.1) is 5.82 Å². The highest BCUT2D eigenvalue weighted by atomic mass is 19.3. The molecule has 2 aromatic carbocycles. The van der Waals surface area contributed by atoms with Gasteiger partial charge in [0, 0.05) is 5.56 Å². The smallest absolute Gasteiger partial charge is 0.340 e. The van der Waals surface area contributed by atoms with Crippen LogP contribution in [0.1, 0.15) is 40.9 Å². The van der Waals surface area contributed by atoms with Gasteiger partial charge in [0.2, 0.25) is 0 Å². The van der Waals surface area contributed by atoms with Gasteiger partial charge in [0.1, 0.15) is 29.5 Å². The van der Waals surface area contributed by atoms with Gasteiger partial charge < -0.3 is 14.9 Å². The van der Waals surface area contributed by atoms with Crippen molar-refractivity contribution in [3.05, 3.63) is 70.1 Å². The van der Waals surface area contributed by atoms with Crippen molar-refractivity contribution in [1.29, 1.82) is 0 Å². The molecule has 4 nitrogen and oxygen atoms in total. The Bertz CT molecular complexity index is 928. The third-order valence-corrected chi connectivity index (χ3v) is 4.01. The van der Waals surface area contributed by atoms with E-state index in [0.29, 0.717) is 5.56 Å². The second kappa shape index (κ2) is 9.82. The molecule has 0 radical (unpaired) electrons. The van der Waals surface area contributed by atoms with E-state index in [4.69, 9.17) is 4.74 Å². The van der Waals surface area contributed by atoms with E-state index in [-0.39, 0.29) is 28.9 Å². The fraction of sp³-hybridized carbons (Fsp3) is 0.227. The molecule has 2 N–H and O–H groups in total. The molecule has 0 saturated carbocycles. The number of ether oxygens (including phenoxy) is 1. The lowest BCUT2D eigenvalue weighted by Crippen LogP contribution is -2.10. The summed E-state index contributed by atoms with van der Waals surface area (Å²) in [6, 6.07) is 6.77. The molecular weight excluding hydrogens is 385 g/mol. The van der Waals surface area contributed by atoms with Gasteiger partial charge >= 0.3 is 5.97 Å². The summed E-state index contributed by atoms with van der Waals surface area (Å²) < 4.78 is 43.4. The monoisotopic (exact) mass is 406 g/mol. The Morgan fingerprint density at radius 2 is 1.83 bits per heavy atom. The zero-order chi connectivity index (χ0) is 21.6. The van der Waals surface area contributed by atoms with E-state index in [9.17, 15) is 28.2 Å². The van der Waals surface area contributed by atoms with Crippen molar-refractivity contribution < 1.29 is 32.9 Å². The molecule has 0 heterocycles. The maximum Gasteiger partial charge on any atom is 0.340 e. The average molecular weight is 406 g/mol. The van der Waals surface area contributed by atoms with Crippen LogP contribution in [0.3, 0.4) is 0 Å². The molecule has 0 aliphatic heterocycles. The predicted molar refractivity (Wildman–Crippen MR) is 105 cm³/mol. The molecule has 29 heavy (non-hydrogen) atoms. The molecule has 0 atom stereocenters. The minimum absolute atomic E-state index is 0.0240. The molecule has 0 saturated heterocycles. The minimum Gasteiger partial charge on any atom is -0.507 e. The number of halogens is 3. The third-order valence-electron chi connectivity index (χ3n) is 4.01. The maximum absolute atomic E-state index is 13.0. The predicted octanol–water partition coefficient (Wildman–Crippen LogP) is 5.55. The van der Waals surface area contributed by atoms with E-state index in [2.05, 4.69) is 0 Å². The summed E-state index contributed by atoms with van der Waals surface area (Å²) in [5.41, 5.74) is 1.31. The summed E-state index contributed by atoms with van der Waals surface area (Å²) >= 11 is 0. The fourth-order valence-corrected chi connectivity index (χ4v) is 2.61. The molecule has 2 aromatic rings. The Labute approximate surface area is 166 Å². The number of alkyl halides is 2. The van der Waals surface area contributed by atoms with Gasteiger partial charge in [0.25, 0.3) is 6.43 Å². The zero-order valence-corrected chi connectivity index (χ0v) is 16.0. The number of carbonyl (C=O) groups is 1. The lowest BCUT2D eigenvalue weighted by molar-refractivity contribution is 0.0691. The highest BCUT2D eigenvalue weighted by molar-refractivity contribution is 5.97. The normalized spacial score (nSPS) is 11.1. The first-order chi connectivity index (χ1) is 13.7. The number of benzene rings is 2. The SMILES string of the molecule is CC(C)=CCc1c(OCC(F)F)cc(/C=C/c2ccc(F)cc2)c(C(=O)O)c1O. The third kappa shape index (κ3) is 6.14. The molecule has 154 valence electrons.